The maximum absolute atomic E-state index is 11.2. The smallest absolute Gasteiger partial charge is 0.306 e. The van der Waals surface area contributed by atoms with Gasteiger partial charge in [0.05, 0.1) is 18.3 Å². The molecule has 1 unspecified atom stereocenters. The van der Waals surface area contributed by atoms with Crippen molar-refractivity contribution in [3.8, 4) is 11.5 Å². The van der Waals surface area contributed by atoms with E-state index in [0.29, 0.717) is 12.4 Å². The minimum absolute atomic E-state index is 0.271. The molecule has 110 valence electrons. The van der Waals surface area contributed by atoms with Crippen LogP contribution < -0.4 is 8.92 Å². The summed E-state index contributed by atoms with van der Waals surface area (Å²) in [6.45, 7) is 7.93. The highest BCUT2D eigenvalue weighted by Gasteiger charge is 2.42. The monoisotopic (exact) mass is 298 g/mol. The third kappa shape index (κ3) is 2.96. The summed E-state index contributed by atoms with van der Waals surface area (Å²) in [5, 5.41) is 0. The molecule has 1 aromatic rings. The van der Waals surface area contributed by atoms with Crippen molar-refractivity contribution in [2.75, 3.05) is 12.9 Å². The molecule has 0 amide bonds. The highest BCUT2D eigenvalue weighted by atomic mass is 32.2. The molecule has 0 bridgehead atoms. The molecule has 6 heteroatoms. The lowest BCUT2D eigenvalue weighted by atomic mass is 9.85. The van der Waals surface area contributed by atoms with Gasteiger partial charge < -0.3 is 13.7 Å². The Hall–Kier alpha value is -1.53. The van der Waals surface area contributed by atoms with Crippen molar-refractivity contribution in [1.29, 1.82) is 0 Å². The molecule has 1 aromatic carbocycles. The van der Waals surface area contributed by atoms with E-state index in [0.717, 1.165) is 11.8 Å². The molecule has 0 radical (unpaired) electrons. The summed E-state index contributed by atoms with van der Waals surface area (Å²) in [5.41, 5.74) is 0.447. The summed E-state index contributed by atoms with van der Waals surface area (Å²) < 4.78 is 38.6. The number of benzene rings is 1. The van der Waals surface area contributed by atoms with E-state index in [1.54, 1.807) is 24.3 Å². The third-order valence-corrected chi connectivity index (χ3v) is 3.58. The summed E-state index contributed by atoms with van der Waals surface area (Å²) in [5.74, 6) is 0.942. The number of fused-ring (bicyclic) bond motifs is 1. The van der Waals surface area contributed by atoms with Crippen LogP contribution in [0.3, 0.4) is 0 Å². The predicted molar refractivity (Wildman–Crippen MR) is 75.5 cm³/mol. The summed E-state index contributed by atoms with van der Waals surface area (Å²) in [7, 11) is -3.54. The van der Waals surface area contributed by atoms with Crippen LogP contribution >= 0.6 is 0 Å². The van der Waals surface area contributed by atoms with Crippen LogP contribution in [-0.2, 0) is 20.3 Å². The van der Waals surface area contributed by atoms with Gasteiger partial charge in [0, 0.05) is 5.56 Å². The molecule has 20 heavy (non-hydrogen) atoms. The first kappa shape index (κ1) is 14.9. The van der Waals surface area contributed by atoms with E-state index in [-0.39, 0.29) is 5.75 Å². The Morgan fingerprint density at radius 2 is 2.15 bits per heavy atom. The first-order chi connectivity index (χ1) is 9.24. The minimum Gasteiger partial charge on any atom is -0.464 e. The topological polar surface area (TPSA) is 61.8 Å². The van der Waals surface area contributed by atoms with Crippen molar-refractivity contribution in [1.82, 2.24) is 0 Å². The van der Waals surface area contributed by atoms with Gasteiger partial charge in [-0.2, -0.15) is 8.42 Å². The average molecular weight is 298 g/mol. The molecule has 0 saturated carbocycles. The third-order valence-electron chi connectivity index (χ3n) is 3.08. The zero-order chi connectivity index (χ0) is 15.0. The lowest BCUT2D eigenvalue weighted by molar-refractivity contribution is -0.0925. The van der Waals surface area contributed by atoms with Crippen molar-refractivity contribution in [2.45, 2.75) is 25.6 Å². The molecule has 0 spiro atoms. The Bertz CT molecular complexity index is 618. The lowest BCUT2D eigenvalue weighted by Gasteiger charge is -2.25. The summed E-state index contributed by atoms with van der Waals surface area (Å²) in [6, 6.07) is 4.92. The molecule has 0 aliphatic carbocycles. The first-order valence-corrected chi connectivity index (χ1v) is 7.99. The molecule has 5 nitrogen and oxygen atoms in total. The quantitative estimate of drug-likeness (QED) is 0.616. The molecule has 0 saturated heterocycles. The number of ether oxygens (including phenoxy) is 2. The zero-order valence-electron chi connectivity index (χ0n) is 11.8. The van der Waals surface area contributed by atoms with E-state index in [9.17, 15) is 8.42 Å². The van der Waals surface area contributed by atoms with E-state index >= 15 is 0 Å². The molecule has 2 rings (SSSR count). The van der Waals surface area contributed by atoms with Crippen molar-refractivity contribution in [2.24, 2.45) is 0 Å². The standard InChI is InChI=1S/C14H18O5S/c1-5-8-17-13-14(2,3)11-9-10(19-20(4,15)16)6-7-12(11)18-13/h5-7,9,13H,1,8H2,2-4H3. The van der Waals surface area contributed by atoms with Crippen LogP contribution in [0.4, 0.5) is 0 Å². The second-order valence-electron chi connectivity index (χ2n) is 5.24. The Labute approximate surface area is 119 Å². The molecule has 1 aliphatic heterocycles. The van der Waals surface area contributed by atoms with Crippen LogP contribution in [0.5, 0.6) is 11.5 Å². The fourth-order valence-electron chi connectivity index (χ4n) is 2.13. The molecule has 1 atom stereocenters. The predicted octanol–water partition coefficient (Wildman–Crippen LogP) is 2.22. The van der Waals surface area contributed by atoms with Crippen molar-refractivity contribution >= 4 is 10.1 Å². The fourth-order valence-corrected chi connectivity index (χ4v) is 2.58. The Morgan fingerprint density at radius 1 is 1.45 bits per heavy atom. The van der Waals surface area contributed by atoms with Gasteiger partial charge in [-0.05, 0) is 32.0 Å². The van der Waals surface area contributed by atoms with Crippen LogP contribution in [0.25, 0.3) is 0 Å². The summed E-state index contributed by atoms with van der Waals surface area (Å²) in [6.07, 6.45) is 2.22. The first-order valence-electron chi connectivity index (χ1n) is 6.17. The van der Waals surface area contributed by atoms with Gasteiger partial charge in [0.15, 0.2) is 0 Å². The zero-order valence-corrected chi connectivity index (χ0v) is 12.6. The lowest BCUT2D eigenvalue weighted by Crippen LogP contribution is -2.34. The van der Waals surface area contributed by atoms with Gasteiger partial charge in [-0.15, -0.1) is 6.58 Å². The fraction of sp³-hybridized carbons (Fsp3) is 0.429. The molecule has 0 fully saturated rings. The highest BCUT2D eigenvalue weighted by Crippen LogP contribution is 2.44. The number of hydrogen-bond acceptors (Lipinski definition) is 5. The summed E-state index contributed by atoms with van der Waals surface area (Å²) in [4.78, 5) is 0. The van der Waals surface area contributed by atoms with Crippen molar-refractivity contribution < 1.29 is 22.1 Å². The maximum Gasteiger partial charge on any atom is 0.306 e. The van der Waals surface area contributed by atoms with Gasteiger partial charge in [0.25, 0.3) is 0 Å². The average Bonchev–Trinajstić information content (AvgIpc) is 2.57. The van der Waals surface area contributed by atoms with E-state index in [4.69, 9.17) is 13.7 Å². The number of hydrogen-bond donors (Lipinski definition) is 0. The van der Waals surface area contributed by atoms with Crippen LogP contribution in [0, 0.1) is 0 Å². The Kier molecular flexibility index (Phi) is 3.80. The van der Waals surface area contributed by atoms with E-state index < -0.39 is 21.8 Å². The Balaban J connectivity index is 2.30. The molecule has 1 heterocycles. The minimum atomic E-state index is -3.54. The van der Waals surface area contributed by atoms with Gasteiger partial charge >= 0.3 is 10.1 Å². The van der Waals surface area contributed by atoms with Gasteiger partial charge in [0.2, 0.25) is 6.29 Å². The molecular formula is C14H18O5S. The van der Waals surface area contributed by atoms with Gasteiger partial charge in [0.1, 0.15) is 11.5 Å². The second kappa shape index (κ2) is 5.10. The van der Waals surface area contributed by atoms with Gasteiger partial charge in [-0.25, -0.2) is 0 Å². The maximum atomic E-state index is 11.2. The van der Waals surface area contributed by atoms with Crippen LogP contribution in [0.1, 0.15) is 19.4 Å². The molecular weight excluding hydrogens is 280 g/mol. The summed E-state index contributed by atoms with van der Waals surface area (Å²) >= 11 is 0. The Morgan fingerprint density at radius 3 is 2.75 bits per heavy atom. The van der Waals surface area contributed by atoms with Crippen LogP contribution in [-0.4, -0.2) is 27.6 Å². The molecule has 1 aliphatic rings. The van der Waals surface area contributed by atoms with Crippen LogP contribution in [0.15, 0.2) is 30.9 Å². The molecule has 0 aromatic heterocycles. The van der Waals surface area contributed by atoms with E-state index in [1.165, 1.54) is 0 Å². The normalized spacial score (nSPS) is 20.1. The van der Waals surface area contributed by atoms with Crippen molar-refractivity contribution in [3.05, 3.63) is 36.4 Å². The SMILES string of the molecule is C=CCOC1Oc2ccc(OS(C)(=O)=O)cc2C1(C)C. The van der Waals surface area contributed by atoms with Gasteiger partial charge in [-0.1, -0.05) is 6.08 Å². The van der Waals surface area contributed by atoms with Gasteiger partial charge in [-0.3, -0.25) is 0 Å². The van der Waals surface area contributed by atoms with E-state index in [1.807, 2.05) is 13.8 Å². The van der Waals surface area contributed by atoms with Crippen molar-refractivity contribution in [3.63, 3.8) is 0 Å². The highest BCUT2D eigenvalue weighted by molar-refractivity contribution is 7.86. The van der Waals surface area contributed by atoms with E-state index in [2.05, 4.69) is 6.58 Å². The number of rotatable bonds is 5. The van der Waals surface area contributed by atoms with Crippen LogP contribution in [0.2, 0.25) is 0 Å². The molecule has 0 N–H and O–H groups in total. The largest absolute Gasteiger partial charge is 0.464 e. The second-order valence-corrected chi connectivity index (χ2v) is 6.81.